The second kappa shape index (κ2) is 12.0. The Morgan fingerprint density at radius 1 is 1.00 bits per heavy atom. The first-order valence-electron chi connectivity index (χ1n) is 3.38. The molecule has 0 saturated carbocycles. The van der Waals surface area contributed by atoms with E-state index >= 15 is 0 Å². The SMILES string of the molecule is Cl.Cl.Cl.NCNCc1ccccc1. The van der Waals surface area contributed by atoms with E-state index in [1.807, 2.05) is 18.2 Å². The molecule has 0 bridgehead atoms. The maximum atomic E-state index is 5.27. The van der Waals surface area contributed by atoms with Gasteiger partial charge in [-0.15, -0.1) is 37.2 Å². The van der Waals surface area contributed by atoms with Crippen LogP contribution in [-0.2, 0) is 6.54 Å². The van der Waals surface area contributed by atoms with Gasteiger partial charge in [0.15, 0.2) is 0 Å². The van der Waals surface area contributed by atoms with E-state index in [2.05, 4.69) is 17.4 Å². The van der Waals surface area contributed by atoms with Crippen molar-refractivity contribution in [3.05, 3.63) is 35.9 Å². The summed E-state index contributed by atoms with van der Waals surface area (Å²) in [5, 5.41) is 3.04. The fourth-order valence-corrected chi connectivity index (χ4v) is 0.812. The Kier molecular flexibility index (Phi) is 17.3. The molecule has 0 aliphatic heterocycles. The smallest absolute Gasteiger partial charge is 0.0431 e. The van der Waals surface area contributed by atoms with Gasteiger partial charge in [0.05, 0.1) is 0 Å². The van der Waals surface area contributed by atoms with Gasteiger partial charge in [0.2, 0.25) is 0 Å². The minimum atomic E-state index is 0. The van der Waals surface area contributed by atoms with E-state index in [0.29, 0.717) is 6.67 Å². The van der Waals surface area contributed by atoms with Crippen LogP contribution in [-0.4, -0.2) is 6.67 Å². The lowest BCUT2D eigenvalue weighted by Crippen LogP contribution is -2.21. The summed E-state index contributed by atoms with van der Waals surface area (Å²) in [5.41, 5.74) is 6.54. The summed E-state index contributed by atoms with van der Waals surface area (Å²) in [5.74, 6) is 0. The van der Waals surface area contributed by atoms with Crippen LogP contribution >= 0.6 is 37.2 Å². The maximum absolute atomic E-state index is 5.27. The molecule has 0 aliphatic rings. The van der Waals surface area contributed by atoms with Crippen LogP contribution in [0.2, 0.25) is 0 Å². The molecular formula is C8H15Cl3N2. The highest BCUT2D eigenvalue weighted by atomic mass is 35.5. The lowest BCUT2D eigenvalue weighted by atomic mass is 10.2. The van der Waals surface area contributed by atoms with Gasteiger partial charge in [-0.05, 0) is 5.56 Å². The first-order valence-corrected chi connectivity index (χ1v) is 3.38. The third kappa shape index (κ3) is 8.34. The summed E-state index contributed by atoms with van der Waals surface area (Å²) < 4.78 is 0. The highest BCUT2D eigenvalue weighted by Crippen LogP contribution is 1.95. The molecule has 13 heavy (non-hydrogen) atoms. The van der Waals surface area contributed by atoms with Crippen LogP contribution in [0.3, 0.4) is 0 Å². The van der Waals surface area contributed by atoms with Gasteiger partial charge in [0.1, 0.15) is 0 Å². The average Bonchev–Trinajstić information content (AvgIpc) is 2.03. The van der Waals surface area contributed by atoms with Crippen molar-refractivity contribution in [2.45, 2.75) is 6.54 Å². The molecule has 1 aromatic rings. The van der Waals surface area contributed by atoms with Crippen molar-refractivity contribution in [2.75, 3.05) is 6.67 Å². The largest absolute Gasteiger partial charge is 0.318 e. The van der Waals surface area contributed by atoms with Crippen LogP contribution in [0.15, 0.2) is 30.3 Å². The zero-order chi connectivity index (χ0) is 7.23. The Morgan fingerprint density at radius 2 is 1.54 bits per heavy atom. The lowest BCUT2D eigenvalue weighted by Gasteiger charge is -1.99. The van der Waals surface area contributed by atoms with Gasteiger partial charge in [-0.25, -0.2) is 0 Å². The van der Waals surface area contributed by atoms with Crippen LogP contribution in [0, 0.1) is 0 Å². The standard InChI is InChI=1S/C8H12N2.3ClH/c9-7-10-6-8-4-2-1-3-5-8;;;/h1-5,10H,6-7,9H2;3*1H. The van der Waals surface area contributed by atoms with E-state index in [1.54, 1.807) is 0 Å². The maximum Gasteiger partial charge on any atom is 0.0431 e. The van der Waals surface area contributed by atoms with Crippen molar-refractivity contribution in [3.63, 3.8) is 0 Å². The van der Waals surface area contributed by atoms with Gasteiger partial charge < -0.3 is 11.1 Å². The molecular weight excluding hydrogens is 230 g/mol. The Balaban J connectivity index is -0.000000333. The normalized spacial score (nSPS) is 7.46. The van der Waals surface area contributed by atoms with Crippen molar-refractivity contribution in [3.8, 4) is 0 Å². The molecule has 0 aromatic heterocycles. The number of halogens is 3. The van der Waals surface area contributed by atoms with Gasteiger partial charge in [-0.2, -0.15) is 0 Å². The zero-order valence-corrected chi connectivity index (χ0v) is 9.55. The molecule has 0 spiro atoms. The predicted molar refractivity (Wildman–Crippen MR) is 64.1 cm³/mol. The van der Waals surface area contributed by atoms with Crippen molar-refractivity contribution in [1.82, 2.24) is 5.32 Å². The molecule has 0 fully saturated rings. The number of hydrogen-bond donors (Lipinski definition) is 2. The van der Waals surface area contributed by atoms with Crippen LogP contribution in [0.4, 0.5) is 0 Å². The average molecular weight is 246 g/mol. The lowest BCUT2D eigenvalue weighted by molar-refractivity contribution is 0.709. The van der Waals surface area contributed by atoms with Gasteiger partial charge in [-0.3, -0.25) is 0 Å². The molecule has 0 atom stereocenters. The molecule has 0 amide bonds. The molecule has 0 radical (unpaired) electrons. The molecule has 3 N–H and O–H groups in total. The third-order valence-electron chi connectivity index (χ3n) is 1.32. The molecule has 0 heterocycles. The molecule has 1 aromatic carbocycles. The first kappa shape index (κ1) is 18.7. The Bertz CT molecular complexity index is 182. The summed E-state index contributed by atoms with van der Waals surface area (Å²) in [7, 11) is 0. The Hall–Kier alpha value is 0.01000. The fourth-order valence-electron chi connectivity index (χ4n) is 0.812. The molecule has 1 rings (SSSR count). The van der Waals surface area contributed by atoms with Crippen molar-refractivity contribution >= 4 is 37.2 Å². The van der Waals surface area contributed by atoms with Crippen molar-refractivity contribution < 1.29 is 0 Å². The number of benzene rings is 1. The van der Waals surface area contributed by atoms with E-state index in [4.69, 9.17) is 5.73 Å². The fraction of sp³-hybridized carbons (Fsp3) is 0.250. The first-order chi connectivity index (χ1) is 4.93. The monoisotopic (exact) mass is 244 g/mol. The van der Waals surface area contributed by atoms with Crippen molar-refractivity contribution in [2.24, 2.45) is 5.73 Å². The third-order valence-corrected chi connectivity index (χ3v) is 1.32. The summed E-state index contributed by atoms with van der Waals surface area (Å²) in [6.07, 6.45) is 0. The highest BCUT2D eigenvalue weighted by Gasteiger charge is 1.85. The zero-order valence-electron chi connectivity index (χ0n) is 7.10. The number of nitrogens with two attached hydrogens (primary N) is 1. The molecule has 78 valence electrons. The number of nitrogens with one attached hydrogen (secondary N) is 1. The number of hydrogen-bond acceptors (Lipinski definition) is 2. The molecule has 0 unspecified atom stereocenters. The summed E-state index contributed by atoms with van der Waals surface area (Å²) in [4.78, 5) is 0. The van der Waals surface area contributed by atoms with Crippen LogP contribution in [0.25, 0.3) is 0 Å². The Labute approximate surface area is 97.5 Å². The number of rotatable bonds is 3. The molecule has 0 saturated heterocycles. The van der Waals surface area contributed by atoms with E-state index in [0.717, 1.165) is 6.54 Å². The summed E-state index contributed by atoms with van der Waals surface area (Å²) in [6, 6.07) is 10.2. The van der Waals surface area contributed by atoms with Crippen molar-refractivity contribution in [1.29, 1.82) is 0 Å². The van der Waals surface area contributed by atoms with E-state index in [-0.39, 0.29) is 37.2 Å². The predicted octanol–water partition coefficient (Wildman–Crippen LogP) is 1.96. The van der Waals surface area contributed by atoms with Crippen LogP contribution < -0.4 is 11.1 Å². The molecule has 5 heteroatoms. The van der Waals surface area contributed by atoms with E-state index in [1.165, 1.54) is 5.56 Å². The van der Waals surface area contributed by atoms with Gasteiger partial charge in [-0.1, -0.05) is 30.3 Å². The summed E-state index contributed by atoms with van der Waals surface area (Å²) >= 11 is 0. The van der Waals surface area contributed by atoms with Gasteiger partial charge in [0, 0.05) is 13.2 Å². The van der Waals surface area contributed by atoms with Gasteiger partial charge in [0.25, 0.3) is 0 Å². The van der Waals surface area contributed by atoms with Gasteiger partial charge >= 0.3 is 0 Å². The topological polar surface area (TPSA) is 38.0 Å². The van der Waals surface area contributed by atoms with E-state index < -0.39 is 0 Å². The molecule has 2 nitrogen and oxygen atoms in total. The second-order valence-corrected chi connectivity index (χ2v) is 2.12. The van der Waals surface area contributed by atoms with Crippen LogP contribution in [0.1, 0.15) is 5.56 Å². The quantitative estimate of drug-likeness (QED) is 0.799. The van der Waals surface area contributed by atoms with E-state index in [9.17, 15) is 0 Å². The highest BCUT2D eigenvalue weighted by molar-refractivity contribution is 5.86. The summed E-state index contributed by atoms with van der Waals surface area (Å²) in [6.45, 7) is 1.40. The minimum absolute atomic E-state index is 0. The van der Waals surface area contributed by atoms with Crippen LogP contribution in [0.5, 0.6) is 0 Å². The minimum Gasteiger partial charge on any atom is -0.318 e. The Morgan fingerprint density at radius 3 is 2.00 bits per heavy atom. The second-order valence-electron chi connectivity index (χ2n) is 2.12. The molecule has 0 aliphatic carbocycles.